The molecule has 3 aromatic heterocycles. The van der Waals surface area contributed by atoms with E-state index in [1.807, 2.05) is 6.07 Å². The molecule has 0 radical (unpaired) electrons. The Labute approximate surface area is 247 Å². The zero-order valence-corrected chi connectivity index (χ0v) is 23.3. The van der Waals surface area contributed by atoms with E-state index in [0.29, 0.717) is 38.9 Å². The molecule has 214 valence electrons. The lowest BCUT2D eigenvalue weighted by Crippen LogP contribution is -2.20. The number of para-hydroxylation sites is 1. The molecule has 0 saturated heterocycles. The second-order valence-electron chi connectivity index (χ2n) is 9.04. The van der Waals surface area contributed by atoms with Crippen LogP contribution in [0.4, 0.5) is 5.69 Å². The molecule has 13 heteroatoms. The van der Waals surface area contributed by atoms with Gasteiger partial charge in [-0.25, -0.2) is 9.97 Å². The summed E-state index contributed by atoms with van der Waals surface area (Å²) in [6, 6.07) is 19.8. The van der Waals surface area contributed by atoms with E-state index in [1.165, 1.54) is 25.5 Å². The predicted molar refractivity (Wildman–Crippen MR) is 160 cm³/mol. The maximum absolute atomic E-state index is 13.6. The summed E-state index contributed by atoms with van der Waals surface area (Å²) in [6.07, 6.45) is 2.49. The standard InChI is InChI=1S/C30H20ClN5O7/c1-40-23-8-5-9-24-20(23)14-26(42-24)29-34-22-7-4-3-6-19(22)30(37)35(29)33-15-17-12-21(31)28(25(13-17)41-2)43-27-11-10-18(16-32-27)36(38)39/h3-16H,1-2H3. The third-order valence-corrected chi connectivity index (χ3v) is 6.71. The van der Waals surface area contributed by atoms with E-state index < -0.39 is 10.5 Å². The summed E-state index contributed by atoms with van der Waals surface area (Å²) in [5.74, 6) is 1.56. The van der Waals surface area contributed by atoms with Gasteiger partial charge in [-0.2, -0.15) is 9.78 Å². The third kappa shape index (κ3) is 5.22. The van der Waals surface area contributed by atoms with Crippen molar-refractivity contribution in [3.63, 3.8) is 0 Å². The van der Waals surface area contributed by atoms with Gasteiger partial charge in [0.25, 0.3) is 11.2 Å². The van der Waals surface area contributed by atoms with Gasteiger partial charge < -0.3 is 18.6 Å². The van der Waals surface area contributed by atoms with Crippen LogP contribution in [-0.2, 0) is 0 Å². The number of hydrogen-bond acceptors (Lipinski definition) is 10. The first-order chi connectivity index (χ1) is 20.9. The molecule has 3 heterocycles. The SMILES string of the molecule is COc1cc(C=Nn2c(-c3cc4c(OC)cccc4o3)nc3ccccc3c2=O)cc(Cl)c1Oc1ccc([N+](=O)[O-])cn1. The summed E-state index contributed by atoms with van der Waals surface area (Å²) in [7, 11) is 2.99. The van der Waals surface area contributed by atoms with Crippen LogP contribution in [0.5, 0.6) is 23.1 Å². The maximum atomic E-state index is 13.6. The van der Waals surface area contributed by atoms with Crippen LogP contribution in [0, 0.1) is 10.1 Å². The van der Waals surface area contributed by atoms with Gasteiger partial charge in [-0.3, -0.25) is 14.9 Å². The fourth-order valence-electron chi connectivity index (χ4n) is 4.40. The van der Waals surface area contributed by atoms with E-state index in [9.17, 15) is 14.9 Å². The van der Waals surface area contributed by atoms with Gasteiger partial charge in [0, 0.05) is 12.1 Å². The lowest BCUT2D eigenvalue weighted by molar-refractivity contribution is -0.385. The molecule has 0 amide bonds. The number of ether oxygens (including phenoxy) is 3. The fraction of sp³-hybridized carbons (Fsp3) is 0.0667. The Balaban J connectivity index is 1.42. The molecule has 0 atom stereocenters. The number of methoxy groups -OCH3 is 2. The summed E-state index contributed by atoms with van der Waals surface area (Å²) in [5, 5.41) is 16.6. The zero-order chi connectivity index (χ0) is 30.1. The minimum Gasteiger partial charge on any atom is -0.496 e. The van der Waals surface area contributed by atoms with Crippen molar-refractivity contribution in [2.75, 3.05) is 14.2 Å². The van der Waals surface area contributed by atoms with Gasteiger partial charge in [0.2, 0.25) is 11.7 Å². The average molecular weight is 598 g/mol. The topological polar surface area (TPSA) is 144 Å². The molecule has 3 aromatic carbocycles. The van der Waals surface area contributed by atoms with E-state index >= 15 is 0 Å². The van der Waals surface area contributed by atoms with Crippen LogP contribution in [0.2, 0.25) is 5.02 Å². The number of halogens is 1. The van der Waals surface area contributed by atoms with Crippen molar-refractivity contribution in [1.82, 2.24) is 14.6 Å². The van der Waals surface area contributed by atoms with Crippen molar-refractivity contribution in [3.05, 3.63) is 110 Å². The molecule has 0 aliphatic heterocycles. The third-order valence-electron chi connectivity index (χ3n) is 6.43. The first kappa shape index (κ1) is 27.4. The van der Waals surface area contributed by atoms with E-state index in [-0.39, 0.29) is 33.9 Å². The Hall–Kier alpha value is -5.75. The van der Waals surface area contributed by atoms with Crippen molar-refractivity contribution in [3.8, 4) is 34.7 Å². The second-order valence-corrected chi connectivity index (χ2v) is 9.45. The molecule has 0 unspecified atom stereocenters. The zero-order valence-electron chi connectivity index (χ0n) is 22.6. The fourth-order valence-corrected chi connectivity index (χ4v) is 4.65. The molecule has 12 nitrogen and oxygen atoms in total. The van der Waals surface area contributed by atoms with Crippen LogP contribution in [0.25, 0.3) is 33.5 Å². The first-order valence-corrected chi connectivity index (χ1v) is 13.0. The lowest BCUT2D eigenvalue weighted by atomic mass is 10.2. The number of pyridine rings is 1. The van der Waals surface area contributed by atoms with Gasteiger partial charge >= 0.3 is 0 Å². The monoisotopic (exact) mass is 597 g/mol. The van der Waals surface area contributed by atoms with Gasteiger partial charge in [-0.15, -0.1) is 0 Å². The van der Waals surface area contributed by atoms with Crippen LogP contribution in [-0.4, -0.2) is 40.0 Å². The summed E-state index contributed by atoms with van der Waals surface area (Å²) in [4.78, 5) is 32.6. The number of fused-ring (bicyclic) bond motifs is 2. The van der Waals surface area contributed by atoms with Crippen LogP contribution in [0.1, 0.15) is 5.56 Å². The molecular weight excluding hydrogens is 578 g/mol. The number of benzene rings is 3. The van der Waals surface area contributed by atoms with Gasteiger partial charge in [-0.1, -0.05) is 29.8 Å². The van der Waals surface area contributed by atoms with Gasteiger partial charge in [-0.05, 0) is 48.0 Å². The van der Waals surface area contributed by atoms with E-state index in [2.05, 4.69) is 10.1 Å². The molecule has 0 fully saturated rings. The van der Waals surface area contributed by atoms with Crippen molar-refractivity contribution >= 4 is 45.4 Å². The number of furan rings is 1. The minimum atomic E-state index is -0.564. The highest BCUT2D eigenvalue weighted by molar-refractivity contribution is 6.32. The molecule has 0 aliphatic rings. The summed E-state index contributed by atoms with van der Waals surface area (Å²) in [5.41, 5.74) is 0.917. The number of nitrogens with zero attached hydrogens (tertiary/aromatic N) is 5. The highest BCUT2D eigenvalue weighted by Crippen LogP contribution is 2.39. The molecule has 0 N–H and O–H groups in total. The molecule has 43 heavy (non-hydrogen) atoms. The minimum absolute atomic E-state index is 0.0770. The van der Waals surface area contributed by atoms with Crippen molar-refractivity contribution in [1.29, 1.82) is 0 Å². The molecule has 0 saturated carbocycles. The summed E-state index contributed by atoms with van der Waals surface area (Å²) < 4.78 is 23.9. The number of hydrogen-bond donors (Lipinski definition) is 0. The van der Waals surface area contributed by atoms with Crippen LogP contribution >= 0.6 is 11.6 Å². The van der Waals surface area contributed by atoms with Gasteiger partial charge in [0.1, 0.15) is 17.5 Å². The first-order valence-electron chi connectivity index (χ1n) is 12.6. The highest BCUT2D eigenvalue weighted by Gasteiger charge is 2.19. The van der Waals surface area contributed by atoms with Crippen LogP contribution in [0.15, 0.2) is 93.3 Å². The lowest BCUT2D eigenvalue weighted by Gasteiger charge is -2.12. The molecule has 0 bridgehead atoms. The molecule has 6 rings (SSSR count). The summed E-state index contributed by atoms with van der Waals surface area (Å²) >= 11 is 6.53. The Bertz CT molecular complexity index is 2110. The highest BCUT2D eigenvalue weighted by atomic mass is 35.5. The van der Waals surface area contributed by atoms with E-state index in [0.717, 1.165) is 10.9 Å². The number of rotatable bonds is 8. The molecule has 0 aliphatic carbocycles. The summed E-state index contributed by atoms with van der Waals surface area (Å²) in [6.45, 7) is 0. The largest absolute Gasteiger partial charge is 0.496 e. The van der Waals surface area contributed by atoms with Crippen LogP contribution < -0.4 is 19.8 Å². The smallest absolute Gasteiger partial charge is 0.287 e. The molecular formula is C30H20ClN5O7. The molecule has 6 aromatic rings. The van der Waals surface area contributed by atoms with Crippen molar-refractivity contribution < 1.29 is 23.6 Å². The van der Waals surface area contributed by atoms with E-state index in [4.69, 9.17) is 35.2 Å². The van der Waals surface area contributed by atoms with Gasteiger partial charge in [0.15, 0.2) is 17.3 Å². The Kier molecular flexibility index (Phi) is 7.18. The predicted octanol–water partition coefficient (Wildman–Crippen LogP) is 6.46. The van der Waals surface area contributed by atoms with Crippen LogP contribution in [0.3, 0.4) is 0 Å². The van der Waals surface area contributed by atoms with Crippen molar-refractivity contribution in [2.45, 2.75) is 0 Å². The maximum Gasteiger partial charge on any atom is 0.287 e. The quantitative estimate of drug-likeness (QED) is 0.110. The second kappa shape index (κ2) is 11.3. The Morgan fingerprint density at radius 1 is 1.00 bits per heavy atom. The number of aromatic nitrogens is 3. The van der Waals surface area contributed by atoms with Gasteiger partial charge in [0.05, 0.1) is 46.7 Å². The Morgan fingerprint density at radius 2 is 1.81 bits per heavy atom. The molecule has 0 spiro atoms. The average Bonchev–Trinajstić information content (AvgIpc) is 3.46. The Morgan fingerprint density at radius 3 is 2.56 bits per heavy atom. The normalized spacial score (nSPS) is 11.3. The van der Waals surface area contributed by atoms with Crippen molar-refractivity contribution in [2.24, 2.45) is 5.10 Å². The number of nitro groups is 1. The van der Waals surface area contributed by atoms with E-state index in [1.54, 1.807) is 61.7 Å².